The van der Waals surface area contributed by atoms with Crippen LogP contribution in [0.15, 0.2) is 30.3 Å². The molecule has 1 saturated heterocycles. The van der Waals surface area contributed by atoms with Crippen LogP contribution in [0.5, 0.6) is 0 Å². The third-order valence-corrected chi connectivity index (χ3v) is 3.78. The Bertz CT molecular complexity index is 479. The van der Waals surface area contributed by atoms with Gasteiger partial charge in [-0.15, -0.1) is 0 Å². The minimum Gasteiger partial charge on any atom is -0.323 e. The lowest BCUT2D eigenvalue weighted by Crippen LogP contribution is -2.46. The zero-order valence-corrected chi connectivity index (χ0v) is 12.2. The van der Waals surface area contributed by atoms with E-state index >= 15 is 0 Å². The molecule has 1 aliphatic rings. The van der Waals surface area contributed by atoms with Crippen LogP contribution in [0.2, 0.25) is 0 Å². The van der Waals surface area contributed by atoms with Crippen molar-refractivity contribution in [2.24, 2.45) is 0 Å². The summed E-state index contributed by atoms with van der Waals surface area (Å²) >= 11 is 0. The van der Waals surface area contributed by atoms with E-state index in [2.05, 4.69) is 5.32 Å². The van der Waals surface area contributed by atoms with Crippen LogP contribution >= 0.6 is 0 Å². The molecule has 0 radical (unpaired) electrons. The van der Waals surface area contributed by atoms with Gasteiger partial charge in [0.2, 0.25) is 0 Å². The van der Waals surface area contributed by atoms with Crippen LogP contribution in [-0.4, -0.2) is 22.4 Å². The SMILES string of the molecule is CCCC1(CCC)NC(=O)N(Cc2ccccc2)C1=O. The van der Waals surface area contributed by atoms with Crippen molar-refractivity contribution in [1.29, 1.82) is 0 Å². The number of urea groups is 1. The maximum absolute atomic E-state index is 12.7. The number of rotatable bonds is 6. The Hall–Kier alpha value is -1.84. The van der Waals surface area contributed by atoms with E-state index in [4.69, 9.17) is 0 Å². The summed E-state index contributed by atoms with van der Waals surface area (Å²) in [6.45, 7) is 4.42. The van der Waals surface area contributed by atoms with E-state index < -0.39 is 5.54 Å². The monoisotopic (exact) mass is 274 g/mol. The fourth-order valence-corrected chi connectivity index (χ4v) is 2.90. The summed E-state index contributed by atoms with van der Waals surface area (Å²) in [7, 11) is 0. The highest BCUT2D eigenvalue weighted by molar-refractivity contribution is 6.06. The van der Waals surface area contributed by atoms with Crippen molar-refractivity contribution in [3.63, 3.8) is 0 Å². The molecule has 108 valence electrons. The Morgan fingerprint density at radius 2 is 1.65 bits per heavy atom. The van der Waals surface area contributed by atoms with Crippen LogP contribution in [0.1, 0.15) is 45.1 Å². The van der Waals surface area contributed by atoms with Gasteiger partial charge < -0.3 is 5.32 Å². The lowest BCUT2D eigenvalue weighted by atomic mass is 9.88. The minimum atomic E-state index is -0.685. The van der Waals surface area contributed by atoms with E-state index in [0.717, 1.165) is 18.4 Å². The molecule has 2 rings (SSSR count). The van der Waals surface area contributed by atoms with Gasteiger partial charge in [-0.3, -0.25) is 9.69 Å². The Morgan fingerprint density at radius 1 is 1.05 bits per heavy atom. The van der Waals surface area contributed by atoms with Crippen LogP contribution in [-0.2, 0) is 11.3 Å². The predicted molar refractivity (Wildman–Crippen MR) is 78.1 cm³/mol. The van der Waals surface area contributed by atoms with Crippen molar-refractivity contribution in [1.82, 2.24) is 10.2 Å². The van der Waals surface area contributed by atoms with Gasteiger partial charge in [-0.1, -0.05) is 57.0 Å². The van der Waals surface area contributed by atoms with E-state index in [1.165, 1.54) is 4.90 Å². The molecule has 4 heteroatoms. The molecule has 0 unspecified atom stereocenters. The molecular formula is C16H22N2O2. The second kappa shape index (κ2) is 6.07. The molecule has 1 fully saturated rings. The molecule has 0 bridgehead atoms. The molecule has 1 heterocycles. The summed E-state index contributed by atoms with van der Waals surface area (Å²) in [4.78, 5) is 26.2. The zero-order chi connectivity index (χ0) is 14.6. The first-order valence-corrected chi connectivity index (χ1v) is 7.31. The summed E-state index contributed by atoms with van der Waals surface area (Å²) in [5.41, 5.74) is 0.287. The fourth-order valence-electron chi connectivity index (χ4n) is 2.90. The molecule has 1 aromatic rings. The summed E-state index contributed by atoms with van der Waals surface area (Å²) in [5, 5.41) is 2.93. The van der Waals surface area contributed by atoms with Gasteiger partial charge in [0, 0.05) is 0 Å². The summed E-state index contributed by atoms with van der Waals surface area (Å²) in [6, 6.07) is 9.35. The topological polar surface area (TPSA) is 49.4 Å². The number of carbonyl (C=O) groups is 2. The first kappa shape index (κ1) is 14.6. The van der Waals surface area contributed by atoms with Gasteiger partial charge in [-0.25, -0.2) is 4.79 Å². The number of nitrogens with zero attached hydrogens (tertiary/aromatic N) is 1. The van der Waals surface area contributed by atoms with Crippen LogP contribution in [0, 0.1) is 0 Å². The maximum atomic E-state index is 12.7. The highest BCUT2D eigenvalue weighted by atomic mass is 16.2. The standard InChI is InChI=1S/C16H22N2O2/c1-3-10-16(11-4-2)14(19)18(15(20)17-16)12-13-8-6-5-7-9-13/h5-9H,3-4,10-12H2,1-2H3,(H,17,20). The minimum absolute atomic E-state index is 0.0740. The third kappa shape index (κ3) is 2.69. The molecule has 3 amide bonds. The summed E-state index contributed by atoms with van der Waals surface area (Å²) < 4.78 is 0. The first-order chi connectivity index (χ1) is 9.63. The summed E-state index contributed by atoms with van der Waals surface area (Å²) in [6.07, 6.45) is 3.17. The molecule has 1 aliphatic heterocycles. The van der Waals surface area contributed by atoms with E-state index in [-0.39, 0.29) is 11.9 Å². The van der Waals surface area contributed by atoms with Crippen LogP contribution < -0.4 is 5.32 Å². The number of benzene rings is 1. The largest absolute Gasteiger partial charge is 0.325 e. The summed E-state index contributed by atoms with van der Waals surface area (Å²) in [5.74, 6) is -0.0740. The van der Waals surface area contributed by atoms with Gasteiger partial charge in [-0.2, -0.15) is 0 Å². The van der Waals surface area contributed by atoms with Gasteiger partial charge >= 0.3 is 6.03 Å². The number of hydrogen-bond acceptors (Lipinski definition) is 2. The second-order valence-corrected chi connectivity index (χ2v) is 5.39. The molecule has 0 atom stereocenters. The van der Waals surface area contributed by atoms with Gasteiger partial charge in [0.15, 0.2) is 0 Å². The van der Waals surface area contributed by atoms with E-state index in [9.17, 15) is 9.59 Å². The van der Waals surface area contributed by atoms with Crippen LogP contribution in [0.25, 0.3) is 0 Å². The average Bonchev–Trinajstić information content (AvgIpc) is 2.66. The highest BCUT2D eigenvalue weighted by Crippen LogP contribution is 2.28. The van der Waals surface area contributed by atoms with Gasteiger partial charge in [-0.05, 0) is 18.4 Å². The molecule has 0 saturated carbocycles. The van der Waals surface area contributed by atoms with Gasteiger partial charge in [0.1, 0.15) is 5.54 Å². The third-order valence-electron chi connectivity index (χ3n) is 3.78. The smallest absolute Gasteiger partial charge is 0.323 e. The maximum Gasteiger partial charge on any atom is 0.325 e. The lowest BCUT2D eigenvalue weighted by Gasteiger charge is -2.25. The van der Waals surface area contributed by atoms with E-state index in [1.807, 2.05) is 44.2 Å². The molecule has 0 spiro atoms. The second-order valence-electron chi connectivity index (χ2n) is 5.39. The van der Waals surface area contributed by atoms with E-state index in [0.29, 0.717) is 19.4 Å². The quantitative estimate of drug-likeness (QED) is 0.810. The average molecular weight is 274 g/mol. The fraction of sp³-hybridized carbons (Fsp3) is 0.500. The Kier molecular flexibility index (Phi) is 4.42. The van der Waals surface area contributed by atoms with E-state index in [1.54, 1.807) is 0 Å². The lowest BCUT2D eigenvalue weighted by molar-refractivity contribution is -0.132. The van der Waals surface area contributed by atoms with Gasteiger partial charge in [0.05, 0.1) is 6.54 Å². The molecule has 1 aromatic carbocycles. The molecule has 1 N–H and O–H groups in total. The van der Waals surface area contributed by atoms with Crippen molar-refractivity contribution in [2.45, 2.75) is 51.6 Å². The molecule has 0 aromatic heterocycles. The van der Waals surface area contributed by atoms with Crippen molar-refractivity contribution < 1.29 is 9.59 Å². The highest BCUT2D eigenvalue weighted by Gasteiger charge is 2.49. The Morgan fingerprint density at radius 3 is 2.20 bits per heavy atom. The number of nitrogens with one attached hydrogen (secondary N) is 1. The number of hydrogen-bond donors (Lipinski definition) is 1. The predicted octanol–water partition coefficient (Wildman–Crippen LogP) is 3.08. The first-order valence-electron chi connectivity index (χ1n) is 7.31. The Balaban J connectivity index is 2.19. The Labute approximate surface area is 120 Å². The zero-order valence-electron chi connectivity index (χ0n) is 12.2. The van der Waals surface area contributed by atoms with Crippen molar-refractivity contribution in [2.75, 3.05) is 0 Å². The van der Waals surface area contributed by atoms with Crippen molar-refractivity contribution in [3.05, 3.63) is 35.9 Å². The number of amides is 3. The van der Waals surface area contributed by atoms with Crippen LogP contribution in [0.3, 0.4) is 0 Å². The molecule has 4 nitrogen and oxygen atoms in total. The normalized spacial score (nSPS) is 17.4. The number of carbonyl (C=O) groups excluding carboxylic acids is 2. The van der Waals surface area contributed by atoms with Gasteiger partial charge in [0.25, 0.3) is 5.91 Å². The van der Waals surface area contributed by atoms with Crippen molar-refractivity contribution >= 4 is 11.9 Å². The number of imide groups is 1. The molecule has 20 heavy (non-hydrogen) atoms. The molecule has 0 aliphatic carbocycles. The van der Waals surface area contributed by atoms with Crippen molar-refractivity contribution in [3.8, 4) is 0 Å². The van der Waals surface area contributed by atoms with Crippen LogP contribution in [0.4, 0.5) is 4.79 Å². The molecular weight excluding hydrogens is 252 g/mol.